The fraction of sp³-hybridized carbons (Fsp3) is 0.0500. The molecule has 0 bridgehead atoms. The fourth-order valence-electron chi connectivity index (χ4n) is 2.45. The molecule has 0 atom stereocenters. The monoisotopic (exact) mass is 362 g/mol. The molecule has 2 N–H and O–H groups in total. The van der Waals surface area contributed by atoms with Gasteiger partial charge in [0.15, 0.2) is 0 Å². The van der Waals surface area contributed by atoms with E-state index in [4.69, 9.17) is 11.2 Å². The van der Waals surface area contributed by atoms with Gasteiger partial charge in [0.1, 0.15) is 23.7 Å². The Morgan fingerprint density at radius 3 is 2.37 bits per heavy atom. The topological polar surface area (TPSA) is 95.9 Å². The number of hydrogen-bond acceptors (Lipinski definition) is 5. The number of phenols is 1. The molecule has 0 unspecified atom stereocenters. The molecule has 1 heterocycles. The highest BCUT2D eigenvalue weighted by Gasteiger charge is 2.36. The van der Waals surface area contributed by atoms with Crippen molar-refractivity contribution in [2.75, 3.05) is 11.5 Å². The molecule has 1 aliphatic heterocycles. The lowest BCUT2D eigenvalue weighted by Gasteiger charge is -2.26. The van der Waals surface area contributed by atoms with E-state index < -0.39 is 17.8 Å². The van der Waals surface area contributed by atoms with Crippen molar-refractivity contribution < 1.29 is 24.2 Å². The Morgan fingerprint density at radius 2 is 1.74 bits per heavy atom. The molecule has 7 nitrogen and oxygen atoms in total. The molecule has 7 heteroatoms. The van der Waals surface area contributed by atoms with Gasteiger partial charge in [-0.25, -0.2) is 9.69 Å². The molecule has 134 valence electrons. The summed E-state index contributed by atoms with van der Waals surface area (Å²) in [7, 11) is 0. The zero-order valence-electron chi connectivity index (χ0n) is 14.0. The second kappa shape index (κ2) is 7.45. The Bertz CT molecular complexity index is 969. The van der Waals surface area contributed by atoms with Crippen LogP contribution in [-0.4, -0.2) is 29.6 Å². The standard InChI is InChI=1S/C20H14N2O5/c1-2-11-27-16-9-3-13(4-10-16)12-17-18(24)21-20(26)22(19(17)25)14-5-7-15(23)8-6-14/h1,3-10,12,23H,11H2,(H,21,24,26). The maximum atomic E-state index is 12.7. The molecule has 0 spiro atoms. The van der Waals surface area contributed by atoms with Gasteiger partial charge >= 0.3 is 6.03 Å². The molecule has 3 rings (SSSR count). The lowest BCUT2D eigenvalue weighted by Crippen LogP contribution is -2.54. The van der Waals surface area contributed by atoms with Gasteiger partial charge in [-0.1, -0.05) is 18.1 Å². The zero-order valence-corrected chi connectivity index (χ0v) is 14.0. The molecule has 4 amide bonds. The molecule has 27 heavy (non-hydrogen) atoms. The number of hydrogen-bond donors (Lipinski definition) is 2. The quantitative estimate of drug-likeness (QED) is 0.493. The summed E-state index contributed by atoms with van der Waals surface area (Å²) in [6.07, 6.45) is 6.51. The number of amides is 4. The summed E-state index contributed by atoms with van der Waals surface area (Å²) in [5, 5.41) is 11.5. The number of barbiturate groups is 1. The van der Waals surface area contributed by atoms with Crippen LogP contribution in [0.25, 0.3) is 6.08 Å². The lowest BCUT2D eigenvalue weighted by molar-refractivity contribution is -0.122. The van der Waals surface area contributed by atoms with E-state index in [-0.39, 0.29) is 23.6 Å². The Hall–Kier alpha value is -4.05. The first-order chi connectivity index (χ1) is 13.0. The second-order valence-corrected chi connectivity index (χ2v) is 5.54. The molecule has 0 aromatic heterocycles. The van der Waals surface area contributed by atoms with Crippen molar-refractivity contribution in [3.05, 3.63) is 59.7 Å². The number of ether oxygens (including phenoxy) is 1. The Balaban J connectivity index is 1.89. The van der Waals surface area contributed by atoms with E-state index in [1.807, 2.05) is 0 Å². The van der Waals surface area contributed by atoms with Gasteiger partial charge in [-0.2, -0.15) is 0 Å². The van der Waals surface area contributed by atoms with Crippen LogP contribution in [0, 0.1) is 12.3 Å². The van der Waals surface area contributed by atoms with Crippen LogP contribution in [0.5, 0.6) is 11.5 Å². The minimum absolute atomic E-state index is 0.0115. The number of benzene rings is 2. The Kier molecular flexibility index (Phi) is 4.90. The molecule has 0 aliphatic carbocycles. The van der Waals surface area contributed by atoms with E-state index in [1.54, 1.807) is 24.3 Å². The number of rotatable bonds is 4. The van der Waals surface area contributed by atoms with E-state index in [0.29, 0.717) is 11.3 Å². The van der Waals surface area contributed by atoms with Crippen molar-refractivity contribution in [1.82, 2.24) is 5.32 Å². The molecule has 0 saturated carbocycles. The normalized spacial score (nSPS) is 15.4. The lowest BCUT2D eigenvalue weighted by atomic mass is 10.1. The maximum absolute atomic E-state index is 12.7. The summed E-state index contributed by atoms with van der Waals surface area (Å²) in [5.41, 5.74) is 0.605. The Labute approximate surface area is 154 Å². The van der Waals surface area contributed by atoms with Crippen LogP contribution in [0.1, 0.15) is 5.56 Å². The van der Waals surface area contributed by atoms with Gasteiger partial charge in [0.05, 0.1) is 5.69 Å². The number of urea groups is 1. The summed E-state index contributed by atoms with van der Waals surface area (Å²) in [6, 6.07) is 11.2. The van der Waals surface area contributed by atoms with Gasteiger partial charge in [-0.15, -0.1) is 6.42 Å². The molecule has 1 aliphatic rings. The van der Waals surface area contributed by atoms with Crippen LogP contribution in [0.4, 0.5) is 10.5 Å². The van der Waals surface area contributed by atoms with Crippen LogP contribution in [0.3, 0.4) is 0 Å². The highest BCUT2D eigenvalue weighted by atomic mass is 16.5. The van der Waals surface area contributed by atoms with Crippen molar-refractivity contribution in [3.8, 4) is 23.8 Å². The highest BCUT2D eigenvalue weighted by molar-refractivity contribution is 6.39. The SMILES string of the molecule is C#CCOc1ccc(C=C2C(=O)NC(=O)N(c3ccc(O)cc3)C2=O)cc1. The summed E-state index contributed by atoms with van der Waals surface area (Å²) < 4.78 is 5.26. The van der Waals surface area contributed by atoms with E-state index in [1.165, 1.54) is 30.3 Å². The van der Waals surface area contributed by atoms with E-state index >= 15 is 0 Å². The number of imide groups is 2. The number of aromatic hydroxyl groups is 1. The number of carbonyl (C=O) groups is 3. The second-order valence-electron chi connectivity index (χ2n) is 5.54. The summed E-state index contributed by atoms with van der Waals surface area (Å²) in [4.78, 5) is 37.8. The van der Waals surface area contributed by atoms with Crippen molar-refractivity contribution in [2.24, 2.45) is 0 Å². The first-order valence-electron chi connectivity index (χ1n) is 7.86. The highest BCUT2D eigenvalue weighted by Crippen LogP contribution is 2.24. The predicted octanol–water partition coefficient (Wildman–Crippen LogP) is 2.07. The molecule has 1 saturated heterocycles. The third-order valence-electron chi connectivity index (χ3n) is 3.72. The number of nitrogens with one attached hydrogen (secondary N) is 1. The maximum Gasteiger partial charge on any atom is 0.335 e. The van der Waals surface area contributed by atoms with Crippen LogP contribution < -0.4 is 15.0 Å². The number of carbonyl (C=O) groups excluding carboxylic acids is 3. The van der Waals surface area contributed by atoms with Crippen LogP contribution in [0.15, 0.2) is 54.1 Å². The molecule has 2 aromatic rings. The van der Waals surface area contributed by atoms with Gasteiger partial charge in [0.2, 0.25) is 0 Å². The average molecular weight is 362 g/mol. The number of nitrogens with zero attached hydrogens (tertiary/aromatic N) is 1. The van der Waals surface area contributed by atoms with E-state index in [0.717, 1.165) is 4.90 Å². The minimum Gasteiger partial charge on any atom is -0.508 e. The number of anilines is 1. The zero-order chi connectivity index (χ0) is 19.4. The van der Waals surface area contributed by atoms with Crippen molar-refractivity contribution in [3.63, 3.8) is 0 Å². The van der Waals surface area contributed by atoms with Gasteiger partial charge in [0, 0.05) is 0 Å². The molecule has 2 aromatic carbocycles. The average Bonchev–Trinajstić information content (AvgIpc) is 2.66. The molecule has 1 fully saturated rings. The molecular formula is C20H14N2O5. The first kappa shape index (κ1) is 17.8. The minimum atomic E-state index is -0.856. The van der Waals surface area contributed by atoms with Gasteiger partial charge in [0.25, 0.3) is 11.8 Å². The van der Waals surface area contributed by atoms with E-state index in [9.17, 15) is 19.5 Å². The van der Waals surface area contributed by atoms with Gasteiger partial charge in [-0.05, 0) is 48.0 Å². The van der Waals surface area contributed by atoms with Gasteiger partial charge < -0.3 is 9.84 Å². The predicted molar refractivity (Wildman–Crippen MR) is 97.9 cm³/mol. The van der Waals surface area contributed by atoms with Crippen molar-refractivity contribution in [1.29, 1.82) is 0 Å². The first-order valence-corrected chi connectivity index (χ1v) is 7.86. The molecule has 0 radical (unpaired) electrons. The largest absolute Gasteiger partial charge is 0.508 e. The summed E-state index contributed by atoms with van der Waals surface area (Å²) >= 11 is 0. The van der Waals surface area contributed by atoms with Crippen LogP contribution in [-0.2, 0) is 9.59 Å². The van der Waals surface area contributed by atoms with Crippen molar-refractivity contribution in [2.45, 2.75) is 0 Å². The summed E-state index contributed by atoms with van der Waals surface area (Å²) in [5.74, 6) is 1.34. The molecular weight excluding hydrogens is 348 g/mol. The fourth-order valence-corrected chi connectivity index (χ4v) is 2.45. The Morgan fingerprint density at radius 1 is 1.07 bits per heavy atom. The summed E-state index contributed by atoms with van der Waals surface area (Å²) in [6.45, 7) is 0.130. The van der Waals surface area contributed by atoms with Crippen LogP contribution in [0.2, 0.25) is 0 Å². The van der Waals surface area contributed by atoms with Crippen molar-refractivity contribution >= 4 is 29.6 Å². The van der Waals surface area contributed by atoms with Crippen LogP contribution >= 0.6 is 0 Å². The third-order valence-corrected chi connectivity index (χ3v) is 3.72. The third kappa shape index (κ3) is 3.80. The number of phenolic OH excluding ortho intramolecular Hbond substituents is 1. The number of terminal acetylenes is 1. The smallest absolute Gasteiger partial charge is 0.335 e. The van der Waals surface area contributed by atoms with Gasteiger partial charge in [-0.3, -0.25) is 14.9 Å². The van der Waals surface area contributed by atoms with E-state index in [2.05, 4.69) is 11.2 Å².